The van der Waals surface area contributed by atoms with Gasteiger partial charge in [-0.15, -0.1) is 11.8 Å². The number of nitrogens with one attached hydrogen (secondary N) is 1. The van der Waals surface area contributed by atoms with E-state index in [0.717, 1.165) is 23.2 Å². The molecule has 1 atom stereocenters. The minimum Gasteiger partial charge on any atom is -0.491 e. The van der Waals surface area contributed by atoms with Crippen molar-refractivity contribution in [2.75, 3.05) is 25.4 Å². The summed E-state index contributed by atoms with van der Waals surface area (Å²) in [6.07, 6.45) is 3.62. The molecule has 29 heavy (non-hydrogen) atoms. The number of halogens is 1. The maximum Gasteiger partial charge on any atom is 0.170 e. The van der Waals surface area contributed by atoms with Crippen molar-refractivity contribution in [1.29, 1.82) is 0 Å². The quantitative estimate of drug-likeness (QED) is 0.579. The molecule has 0 bridgehead atoms. The summed E-state index contributed by atoms with van der Waals surface area (Å²) in [5.74, 6) is 1.31. The van der Waals surface area contributed by atoms with Gasteiger partial charge < -0.3 is 19.7 Å². The predicted molar refractivity (Wildman–Crippen MR) is 113 cm³/mol. The second-order valence-corrected chi connectivity index (χ2v) is 7.62. The van der Waals surface area contributed by atoms with Crippen LogP contribution in [0.2, 0.25) is 0 Å². The van der Waals surface area contributed by atoms with E-state index in [-0.39, 0.29) is 12.4 Å². The van der Waals surface area contributed by atoms with Crippen molar-refractivity contribution >= 4 is 22.7 Å². The third kappa shape index (κ3) is 5.06. The number of benzene rings is 2. The monoisotopic (exact) mass is 412 g/mol. The van der Waals surface area contributed by atoms with Crippen LogP contribution in [0.1, 0.15) is 0 Å². The van der Waals surface area contributed by atoms with Crippen LogP contribution < -0.4 is 10.1 Å². The summed E-state index contributed by atoms with van der Waals surface area (Å²) in [6, 6.07) is 11.7. The van der Waals surface area contributed by atoms with Gasteiger partial charge in [0.15, 0.2) is 5.58 Å². The van der Waals surface area contributed by atoms with E-state index in [4.69, 9.17) is 9.26 Å². The van der Waals surface area contributed by atoms with Crippen molar-refractivity contribution in [2.24, 2.45) is 0 Å². The van der Waals surface area contributed by atoms with Crippen LogP contribution in [-0.2, 0) is 0 Å². The highest BCUT2D eigenvalue weighted by molar-refractivity contribution is 8.02. The molecule has 150 valence electrons. The zero-order chi connectivity index (χ0) is 20.1. The zero-order valence-electron chi connectivity index (χ0n) is 15.7. The highest BCUT2D eigenvalue weighted by Gasteiger charge is 2.12. The Morgan fingerprint density at radius 3 is 2.90 bits per heavy atom. The zero-order valence-corrected chi connectivity index (χ0v) is 16.5. The number of hydrogen-bond acceptors (Lipinski definition) is 6. The Morgan fingerprint density at radius 1 is 1.24 bits per heavy atom. The lowest BCUT2D eigenvalue weighted by Crippen LogP contribution is -2.32. The first-order valence-corrected chi connectivity index (χ1v) is 10.4. The average Bonchev–Trinajstić information content (AvgIpc) is 3.16. The van der Waals surface area contributed by atoms with Crippen molar-refractivity contribution in [3.05, 3.63) is 71.4 Å². The van der Waals surface area contributed by atoms with Gasteiger partial charge >= 0.3 is 0 Å². The largest absolute Gasteiger partial charge is 0.491 e. The number of aromatic nitrogens is 1. The summed E-state index contributed by atoms with van der Waals surface area (Å²) in [5.41, 5.74) is 3.12. The fraction of sp³-hybridized carbons (Fsp3) is 0.227. The molecule has 5 nitrogen and oxygen atoms in total. The lowest BCUT2D eigenvalue weighted by molar-refractivity contribution is 0.107. The van der Waals surface area contributed by atoms with E-state index >= 15 is 0 Å². The molecule has 4 rings (SSSR count). The van der Waals surface area contributed by atoms with Crippen LogP contribution in [0.15, 0.2) is 70.1 Å². The molecule has 1 aliphatic rings. The number of rotatable bonds is 8. The van der Waals surface area contributed by atoms with Gasteiger partial charge in [-0.25, -0.2) is 4.39 Å². The van der Waals surface area contributed by atoms with E-state index in [0.29, 0.717) is 23.6 Å². The number of aliphatic hydroxyl groups excluding tert-OH is 1. The van der Waals surface area contributed by atoms with Crippen LogP contribution in [0.25, 0.3) is 22.2 Å². The van der Waals surface area contributed by atoms with E-state index < -0.39 is 6.10 Å². The fourth-order valence-corrected chi connectivity index (χ4v) is 3.69. The predicted octanol–water partition coefficient (Wildman–Crippen LogP) is 4.15. The van der Waals surface area contributed by atoms with Crippen LogP contribution in [-0.4, -0.2) is 41.8 Å². The van der Waals surface area contributed by atoms with Crippen molar-refractivity contribution in [2.45, 2.75) is 6.10 Å². The second-order valence-electron chi connectivity index (χ2n) is 6.72. The molecule has 2 heterocycles. The molecule has 3 aromatic rings. The molecule has 2 aromatic carbocycles. The molecule has 2 N–H and O–H groups in total. The number of thioether (sulfide) groups is 1. The smallest absolute Gasteiger partial charge is 0.170 e. The SMILES string of the molecule is O[C@H](CNCC1=CSCC=C1)COc1ccc(-c2noc3cc(F)ccc23)cc1. The van der Waals surface area contributed by atoms with E-state index in [1.165, 1.54) is 17.7 Å². The van der Waals surface area contributed by atoms with Gasteiger partial charge in [0, 0.05) is 35.9 Å². The van der Waals surface area contributed by atoms with Crippen LogP contribution in [0.4, 0.5) is 4.39 Å². The third-order valence-corrected chi connectivity index (χ3v) is 5.33. The van der Waals surface area contributed by atoms with Gasteiger partial charge in [0.1, 0.15) is 30.0 Å². The summed E-state index contributed by atoms with van der Waals surface area (Å²) >= 11 is 1.77. The molecule has 1 aliphatic heterocycles. The van der Waals surface area contributed by atoms with Gasteiger partial charge in [-0.3, -0.25) is 0 Å². The number of nitrogens with zero attached hydrogens (tertiary/aromatic N) is 1. The first-order chi connectivity index (χ1) is 14.2. The van der Waals surface area contributed by atoms with Crippen LogP contribution in [0.3, 0.4) is 0 Å². The average molecular weight is 412 g/mol. The van der Waals surface area contributed by atoms with Crippen molar-refractivity contribution in [3.63, 3.8) is 0 Å². The molecule has 0 saturated heterocycles. The highest BCUT2D eigenvalue weighted by atomic mass is 32.2. The molecular formula is C22H21FN2O3S. The summed E-state index contributed by atoms with van der Waals surface area (Å²) in [4.78, 5) is 0. The molecule has 0 unspecified atom stereocenters. The highest BCUT2D eigenvalue weighted by Crippen LogP contribution is 2.29. The minimum atomic E-state index is -0.607. The van der Waals surface area contributed by atoms with Crippen LogP contribution >= 0.6 is 11.8 Å². The van der Waals surface area contributed by atoms with Gasteiger partial charge in [-0.05, 0) is 47.4 Å². The van der Waals surface area contributed by atoms with Gasteiger partial charge in [0.2, 0.25) is 0 Å². The summed E-state index contributed by atoms with van der Waals surface area (Å²) in [7, 11) is 0. The lowest BCUT2D eigenvalue weighted by Gasteiger charge is -2.14. The molecule has 1 aromatic heterocycles. The normalized spacial score (nSPS) is 14.8. The maximum atomic E-state index is 13.3. The fourth-order valence-electron chi connectivity index (χ4n) is 3.01. The first-order valence-electron chi connectivity index (χ1n) is 9.33. The van der Waals surface area contributed by atoms with Gasteiger partial charge in [-0.2, -0.15) is 0 Å². The molecule has 0 saturated carbocycles. The Bertz CT molecular complexity index is 1030. The first kappa shape index (κ1) is 19.7. The van der Waals surface area contributed by atoms with E-state index in [1.807, 2.05) is 24.3 Å². The lowest BCUT2D eigenvalue weighted by atomic mass is 10.1. The van der Waals surface area contributed by atoms with E-state index in [9.17, 15) is 9.50 Å². The van der Waals surface area contributed by atoms with Crippen molar-refractivity contribution < 1.29 is 18.8 Å². The molecule has 0 radical (unpaired) electrons. The molecule has 0 amide bonds. The molecule has 0 aliphatic carbocycles. The van der Waals surface area contributed by atoms with Crippen molar-refractivity contribution in [3.8, 4) is 17.0 Å². The number of aliphatic hydroxyl groups is 1. The standard InChI is InChI=1S/C22H21FN2O3S/c23-17-5-8-20-21(10-17)28-25-22(20)16-3-6-19(7-4-16)27-13-18(26)12-24-11-15-2-1-9-29-14-15/h1-8,10,14,18,24,26H,9,11-13H2/t18-/m1/s1. The third-order valence-electron chi connectivity index (χ3n) is 4.47. The van der Waals surface area contributed by atoms with E-state index in [2.05, 4.69) is 28.0 Å². The van der Waals surface area contributed by atoms with E-state index in [1.54, 1.807) is 17.8 Å². The Morgan fingerprint density at radius 2 is 2.10 bits per heavy atom. The Labute approximate surface area is 172 Å². The summed E-state index contributed by atoms with van der Waals surface area (Å²) in [5, 5.41) is 20.3. The maximum absolute atomic E-state index is 13.3. The summed E-state index contributed by atoms with van der Waals surface area (Å²) in [6.45, 7) is 1.38. The Balaban J connectivity index is 1.29. The van der Waals surface area contributed by atoms with Gasteiger partial charge in [-0.1, -0.05) is 17.3 Å². The van der Waals surface area contributed by atoms with Crippen LogP contribution in [0.5, 0.6) is 5.75 Å². The molecule has 0 spiro atoms. The minimum absolute atomic E-state index is 0.197. The molecular weight excluding hydrogens is 391 g/mol. The Hall–Kier alpha value is -2.61. The van der Waals surface area contributed by atoms with Gasteiger partial charge in [0.05, 0.1) is 0 Å². The second kappa shape index (κ2) is 9.26. The van der Waals surface area contributed by atoms with Gasteiger partial charge in [0.25, 0.3) is 0 Å². The number of fused-ring (bicyclic) bond motifs is 1. The number of ether oxygens (including phenoxy) is 1. The Kier molecular flexibility index (Phi) is 6.29. The summed E-state index contributed by atoms with van der Waals surface area (Å²) < 4.78 is 24.2. The number of hydrogen-bond donors (Lipinski definition) is 2. The topological polar surface area (TPSA) is 67.5 Å². The van der Waals surface area contributed by atoms with Crippen molar-refractivity contribution in [1.82, 2.24) is 10.5 Å². The van der Waals surface area contributed by atoms with Crippen LogP contribution in [0, 0.1) is 5.82 Å². The molecule has 0 fully saturated rings. The molecule has 7 heteroatoms.